The fourth-order valence-corrected chi connectivity index (χ4v) is 8.97. The number of ether oxygens (including phenoxy) is 1. The largest absolute Gasteiger partial charge is 0.410 e. The number of alkyl halides is 1. The summed E-state index contributed by atoms with van der Waals surface area (Å²) < 4.78 is 15.5. The summed E-state index contributed by atoms with van der Waals surface area (Å²) in [5, 5.41) is 0.148. The van der Waals surface area contributed by atoms with Gasteiger partial charge in [-0.3, -0.25) is 4.98 Å². The van der Waals surface area contributed by atoms with E-state index in [1.807, 2.05) is 0 Å². The van der Waals surface area contributed by atoms with E-state index < -0.39 is 8.32 Å². The lowest BCUT2D eigenvalue weighted by Crippen LogP contribution is -2.44. The first-order valence-corrected chi connectivity index (χ1v) is 20.4. The Hall–Kier alpha value is -0.763. The lowest BCUT2D eigenvalue weighted by Gasteiger charge is -2.45. The van der Waals surface area contributed by atoms with Crippen LogP contribution < -0.4 is 0 Å². The molecule has 0 spiro atoms. The number of fused-ring (bicyclic) bond motifs is 3. The molecule has 3 aliphatic rings. The monoisotopic (exact) mass is 687 g/mol. The molecular formula is C36H54INO2Si. The van der Waals surface area contributed by atoms with Gasteiger partial charge in [0.25, 0.3) is 0 Å². The molecule has 2 aliphatic carbocycles. The molecule has 2 heterocycles. The number of pyridine rings is 1. The van der Waals surface area contributed by atoms with Gasteiger partial charge >= 0.3 is 0 Å². The third kappa shape index (κ3) is 5.87. The molecule has 3 nitrogen and oxygen atoms in total. The van der Waals surface area contributed by atoms with E-state index in [2.05, 4.69) is 122 Å². The first-order valence-electron chi connectivity index (χ1n) is 16.0. The van der Waals surface area contributed by atoms with Gasteiger partial charge in [0.1, 0.15) is 11.7 Å². The normalized spacial score (nSPS) is 26.7. The van der Waals surface area contributed by atoms with Crippen LogP contribution in [0, 0.1) is 5.41 Å². The Bertz CT molecular complexity index is 1280. The maximum absolute atomic E-state index is 7.37. The van der Waals surface area contributed by atoms with Crippen molar-refractivity contribution in [1.82, 2.24) is 4.98 Å². The van der Waals surface area contributed by atoms with E-state index in [-0.39, 0.29) is 33.7 Å². The molecule has 5 heteroatoms. The number of nitrogens with zero attached hydrogens (tertiary/aromatic N) is 1. The molecule has 5 rings (SSSR count). The summed E-state index contributed by atoms with van der Waals surface area (Å²) in [6, 6.07) is 9.26. The van der Waals surface area contributed by atoms with E-state index in [9.17, 15) is 0 Å². The van der Waals surface area contributed by atoms with Crippen LogP contribution in [0.2, 0.25) is 18.1 Å². The van der Waals surface area contributed by atoms with E-state index in [0.29, 0.717) is 5.92 Å². The predicted molar refractivity (Wildman–Crippen MR) is 183 cm³/mol. The smallest absolute Gasteiger partial charge is 0.192 e. The van der Waals surface area contributed by atoms with Crippen LogP contribution in [-0.2, 0) is 26.6 Å². The summed E-state index contributed by atoms with van der Waals surface area (Å²) in [5.74, 6) is 0.523. The van der Waals surface area contributed by atoms with Crippen molar-refractivity contribution in [3.63, 3.8) is 0 Å². The highest BCUT2D eigenvalue weighted by Crippen LogP contribution is 2.57. The fraction of sp³-hybridized carbons (Fsp3) is 0.694. The molecular weight excluding hydrogens is 633 g/mol. The average molecular weight is 688 g/mol. The lowest BCUT2D eigenvalue weighted by atomic mass is 9.71. The van der Waals surface area contributed by atoms with Gasteiger partial charge in [0.15, 0.2) is 8.32 Å². The Morgan fingerprint density at radius 3 is 2.12 bits per heavy atom. The zero-order chi connectivity index (χ0) is 30.2. The van der Waals surface area contributed by atoms with E-state index in [1.54, 1.807) is 0 Å². The minimum atomic E-state index is -2.03. The van der Waals surface area contributed by atoms with Crippen molar-refractivity contribution in [2.24, 2.45) is 5.41 Å². The maximum Gasteiger partial charge on any atom is 0.192 e. The van der Waals surface area contributed by atoms with Gasteiger partial charge in [-0.05, 0) is 78.3 Å². The molecule has 0 amide bonds. The predicted octanol–water partition coefficient (Wildman–Crippen LogP) is 10.8. The van der Waals surface area contributed by atoms with E-state index >= 15 is 0 Å². The SMILES string of the molecule is CC1(C)Cc2nc(C3CCCC3)c3c(c2[C@@H](O[Si](C)(C)C(C)(C)C)C1)C(C)(CI)O[C@@H]3c1ccc(C(C)(C)C)cc1. The van der Waals surface area contributed by atoms with Crippen LogP contribution in [0.5, 0.6) is 0 Å². The van der Waals surface area contributed by atoms with Crippen molar-refractivity contribution in [1.29, 1.82) is 0 Å². The molecule has 0 N–H and O–H groups in total. The molecule has 0 bridgehead atoms. The van der Waals surface area contributed by atoms with Crippen molar-refractivity contribution in [2.45, 2.75) is 148 Å². The number of hydrogen-bond acceptors (Lipinski definition) is 3. The molecule has 226 valence electrons. The first-order chi connectivity index (χ1) is 18.9. The first kappa shape index (κ1) is 31.7. The van der Waals surface area contributed by atoms with Crippen LogP contribution in [0.15, 0.2) is 24.3 Å². The quantitative estimate of drug-likeness (QED) is 0.178. The Morgan fingerprint density at radius 2 is 1.59 bits per heavy atom. The number of aromatic nitrogens is 1. The Labute approximate surface area is 265 Å². The summed E-state index contributed by atoms with van der Waals surface area (Å²) in [6.45, 7) is 25.9. The molecule has 0 saturated heterocycles. The van der Waals surface area contributed by atoms with Gasteiger partial charge in [-0.1, -0.05) is 115 Å². The van der Waals surface area contributed by atoms with Crippen molar-refractivity contribution in [2.75, 3.05) is 4.43 Å². The number of benzene rings is 1. The average Bonchev–Trinajstić information content (AvgIpc) is 3.49. The molecule has 1 aromatic heterocycles. The zero-order valence-corrected chi connectivity index (χ0v) is 30.8. The van der Waals surface area contributed by atoms with Crippen LogP contribution in [-0.4, -0.2) is 17.7 Å². The topological polar surface area (TPSA) is 31.4 Å². The standard InChI is InChI=1S/C36H54INO2Si/c1-33(2,3)25-18-16-24(17-19-25)32-29-30(36(9,22-37)39-32)28-26(38-31(29)23-14-12-13-15-23)20-35(7,8)21-27(28)40-41(10,11)34(4,5)6/h16-19,23,27,32H,12-15,20-22H2,1-11H3/t27-,32+,36?/m0/s1. The molecule has 3 atom stereocenters. The Morgan fingerprint density at radius 1 is 0.976 bits per heavy atom. The van der Waals surface area contributed by atoms with Crippen molar-refractivity contribution >= 4 is 30.9 Å². The maximum atomic E-state index is 7.37. The Kier molecular flexibility index (Phi) is 8.26. The number of hydrogen-bond donors (Lipinski definition) is 0. The van der Waals surface area contributed by atoms with E-state index in [0.717, 1.165) is 17.3 Å². The summed E-state index contributed by atoms with van der Waals surface area (Å²) in [7, 11) is -2.03. The minimum absolute atomic E-state index is 0.0569. The van der Waals surface area contributed by atoms with Crippen molar-refractivity contribution < 1.29 is 9.16 Å². The van der Waals surface area contributed by atoms with E-state index in [1.165, 1.54) is 64.9 Å². The van der Waals surface area contributed by atoms with Gasteiger partial charge in [0.05, 0.1) is 11.8 Å². The van der Waals surface area contributed by atoms with Crippen LogP contribution in [0.3, 0.4) is 0 Å². The van der Waals surface area contributed by atoms with Crippen molar-refractivity contribution in [3.8, 4) is 0 Å². The minimum Gasteiger partial charge on any atom is -0.410 e. The van der Waals surface area contributed by atoms with Gasteiger partial charge in [0, 0.05) is 27.2 Å². The molecule has 1 unspecified atom stereocenters. The van der Waals surface area contributed by atoms with Crippen LogP contribution in [0.25, 0.3) is 0 Å². The fourth-order valence-electron chi connectivity index (χ4n) is 7.14. The highest BCUT2D eigenvalue weighted by molar-refractivity contribution is 14.1. The van der Waals surface area contributed by atoms with Gasteiger partial charge in [-0.25, -0.2) is 0 Å². The van der Waals surface area contributed by atoms with Crippen LogP contribution in [0.4, 0.5) is 0 Å². The van der Waals surface area contributed by atoms with Crippen LogP contribution >= 0.6 is 22.6 Å². The molecule has 1 aliphatic heterocycles. The molecule has 1 fully saturated rings. The van der Waals surface area contributed by atoms with Gasteiger partial charge in [-0.2, -0.15) is 0 Å². The van der Waals surface area contributed by atoms with Gasteiger partial charge < -0.3 is 9.16 Å². The Balaban J connectivity index is 1.75. The van der Waals surface area contributed by atoms with Crippen molar-refractivity contribution in [3.05, 3.63) is 63.5 Å². The highest BCUT2D eigenvalue weighted by atomic mass is 127. The second kappa shape index (κ2) is 10.7. The van der Waals surface area contributed by atoms with Gasteiger partial charge in [0.2, 0.25) is 0 Å². The second-order valence-corrected chi connectivity index (χ2v) is 22.3. The third-order valence-electron chi connectivity index (χ3n) is 10.6. The van der Waals surface area contributed by atoms with Crippen LogP contribution in [0.1, 0.15) is 152 Å². The molecule has 1 aromatic carbocycles. The van der Waals surface area contributed by atoms with E-state index in [4.69, 9.17) is 14.1 Å². The zero-order valence-electron chi connectivity index (χ0n) is 27.6. The summed E-state index contributed by atoms with van der Waals surface area (Å²) in [4.78, 5) is 5.69. The summed E-state index contributed by atoms with van der Waals surface area (Å²) >= 11 is 2.56. The second-order valence-electron chi connectivity index (χ2n) is 16.8. The highest BCUT2D eigenvalue weighted by Gasteiger charge is 2.51. The number of halogens is 1. The third-order valence-corrected chi connectivity index (χ3v) is 16.5. The number of rotatable bonds is 5. The summed E-state index contributed by atoms with van der Waals surface area (Å²) in [6.07, 6.45) is 7.09. The molecule has 41 heavy (non-hydrogen) atoms. The molecule has 0 radical (unpaired) electrons. The molecule has 1 saturated carbocycles. The summed E-state index contributed by atoms with van der Waals surface area (Å²) in [5.41, 5.74) is 9.31. The molecule has 2 aromatic rings. The van der Waals surface area contributed by atoms with Gasteiger partial charge in [-0.15, -0.1) is 0 Å². The lowest BCUT2D eigenvalue weighted by molar-refractivity contribution is -0.0302.